The average molecular weight is 991 g/mol. The summed E-state index contributed by atoms with van der Waals surface area (Å²) in [5, 5.41) is 9.98. The Balaban J connectivity index is 0.742. The number of fused-ring (bicyclic) bond motifs is 8. The van der Waals surface area contributed by atoms with Crippen molar-refractivity contribution in [2.24, 2.45) is 0 Å². The summed E-state index contributed by atoms with van der Waals surface area (Å²) in [6.45, 7) is 0. The van der Waals surface area contributed by atoms with Gasteiger partial charge in [0.15, 0.2) is 0 Å². The smallest absolute Gasteiger partial charge is 0.0644 e. The van der Waals surface area contributed by atoms with Crippen LogP contribution in [0.1, 0.15) is 0 Å². The number of hydrogen-bond donors (Lipinski definition) is 0. The van der Waals surface area contributed by atoms with Gasteiger partial charge < -0.3 is 9.80 Å². The van der Waals surface area contributed by atoms with Crippen LogP contribution in [0.5, 0.6) is 0 Å². The molecule has 0 saturated heterocycles. The summed E-state index contributed by atoms with van der Waals surface area (Å²) in [7, 11) is 0. The molecule has 0 N–H and O–H groups in total. The highest BCUT2D eigenvalue weighted by Gasteiger charge is 2.26. The zero-order chi connectivity index (χ0) is 51.3. The minimum absolute atomic E-state index is 0.997. The first kappa shape index (κ1) is 43.9. The molecule has 0 radical (unpaired) electrons. The van der Waals surface area contributed by atoms with E-state index in [0.29, 0.717) is 0 Å². The molecule has 0 unspecified atom stereocenters. The third-order valence-electron chi connectivity index (χ3n) is 16.3. The van der Waals surface area contributed by atoms with E-state index in [4.69, 9.17) is 0 Å². The van der Waals surface area contributed by atoms with Gasteiger partial charge in [0.2, 0.25) is 0 Å². The fourth-order valence-electron chi connectivity index (χ4n) is 12.8. The number of nitrogens with zero attached hydrogens (tertiary/aromatic N) is 4. The Morgan fingerprint density at radius 2 is 0.679 bits per heavy atom. The van der Waals surface area contributed by atoms with Gasteiger partial charge in [0.25, 0.3) is 0 Å². The Labute approximate surface area is 452 Å². The summed E-state index contributed by atoms with van der Waals surface area (Å²) in [5.41, 5.74) is 23.9. The van der Waals surface area contributed by atoms with Crippen molar-refractivity contribution in [1.82, 2.24) is 9.97 Å². The minimum atomic E-state index is 0.997. The Morgan fingerprint density at radius 3 is 1.35 bits per heavy atom. The Hall–Kier alpha value is -10.4. The zero-order valence-corrected chi connectivity index (χ0v) is 42.3. The van der Waals surface area contributed by atoms with E-state index in [1.165, 1.54) is 121 Å². The summed E-state index contributed by atoms with van der Waals surface area (Å²) in [5.74, 6) is 0. The van der Waals surface area contributed by atoms with Crippen molar-refractivity contribution in [2.75, 3.05) is 9.80 Å². The number of hydrogen-bond acceptors (Lipinski definition) is 4. The molecule has 0 fully saturated rings. The van der Waals surface area contributed by atoms with Gasteiger partial charge in [-0.2, -0.15) is 0 Å². The summed E-state index contributed by atoms with van der Waals surface area (Å²) in [6, 6.07) is 93.7. The molecule has 16 rings (SSSR count). The van der Waals surface area contributed by atoms with Crippen LogP contribution in [0.2, 0.25) is 0 Å². The number of rotatable bonds is 9. The van der Waals surface area contributed by atoms with E-state index < -0.39 is 0 Å². The van der Waals surface area contributed by atoms with Crippen LogP contribution in [0.25, 0.3) is 121 Å². The van der Waals surface area contributed by atoms with Crippen LogP contribution in [-0.2, 0) is 0 Å². The summed E-state index contributed by atoms with van der Waals surface area (Å²) in [4.78, 5) is 13.6. The van der Waals surface area contributed by atoms with Gasteiger partial charge in [-0.05, 0) is 200 Å². The molecule has 0 spiro atoms. The molecule has 78 heavy (non-hydrogen) atoms. The summed E-state index contributed by atoms with van der Waals surface area (Å²) >= 11 is 0. The molecule has 0 atom stereocenters. The van der Waals surface area contributed by atoms with Crippen LogP contribution in [-0.4, -0.2) is 9.97 Å². The lowest BCUT2D eigenvalue weighted by Gasteiger charge is -2.26. The van der Waals surface area contributed by atoms with Crippen molar-refractivity contribution in [3.05, 3.63) is 280 Å². The fourth-order valence-corrected chi connectivity index (χ4v) is 12.8. The fraction of sp³-hybridized carbons (Fsp3) is 0. The van der Waals surface area contributed by atoms with Crippen molar-refractivity contribution in [3.8, 4) is 77.9 Å². The predicted molar refractivity (Wildman–Crippen MR) is 327 cm³/mol. The van der Waals surface area contributed by atoms with Gasteiger partial charge in [-0.15, -0.1) is 0 Å². The first-order chi connectivity index (χ1) is 38.7. The standard InChI is InChI=1S/C74H46N4/c1-2-10-51-43-56(31-20-47(51)9-1)77(55-38-41-75-42-39-55)53-27-21-49(22-28-53)61-35-37-70-64-33-26-52(44-72(64)68-19-7-17-66(61)74(68)70)59-15-5-11-48-25-32-57(45-71(48)59)78(58-12-8-40-76-46-58)54-29-23-50(24-30-54)60-34-36-69-63-14-4-3-13-62(63)67-18-6-16-65(60)73(67)69/h1-46H. The largest absolute Gasteiger partial charge is 0.310 e. The zero-order valence-electron chi connectivity index (χ0n) is 42.3. The van der Waals surface area contributed by atoms with E-state index in [0.717, 1.165) is 34.1 Å². The SMILES string of the molecule is c1cncc(N(c2ccc(-c3ccc4c5c(cccc35)-c3ccccc3-4)cc2)c2ccc3cccc(-c4ccc5c(c4)-c4cccc6c(-c7ccc(N(c8ccncc8)c8ccc9ccccc9c8)cc7)ccc-5c46)c3c2)c1. The van der Waals surface area contributed by atoms with Gasteiger partial charge in [-0.25, -0.2) is 0 Å². The minimum Gasteiger partial charge on any atom is -0.310 e. The molecule has 12 aromatic carbocycles. The summed E-state index contributed by atoms with van der Waals surface area (Å²) in [6.07, 6.45) is 7.51. The maximum Gasteiger partial charge on any atom is 0.0644 e. The molecule has 4 heteroatoms. The molecule has 14 aromatic rings. The molecule has 2 aromatic heterocycles. The maximum absolute atomic E-state index is 4.60. The molecule has 0 bridgehead atoms. The summed E-state index contributed by atoms with van der Waals surface area (Å²) < 4.78 is 0. The maximum atomic E-state index is 4.60. The monoisotopic (exact) mass is 990 g/mol. The highest BCUT2D eigenvalue weighted by molar-refractivity contribution is 6.20. The lowest BCUT2D eigenvalue weighted by atomic mass is 9.93. The van der Waals surface area contributed by atoms with Gasteiger partial charge in [-0.1, -0.05) is 176 Å². The number of benzene rings is 12. The second kappa shape index (κ2) is 17.6. The first-order valence-corrected chi connectivity index (χ1v) is 26.7. The third kappa shape index (κ3) is 6.94. The molecule has 4 nitrogen and oxygen atoms in total. The third-order valence-corrected chi connectivity index (χ3v) is 16.3. The Bertz CT molecular complexity index is 4690. The highest BCUT2D eigenvalue weighted by atomic mass is 15.2. The number of pyridine rings is 2. The van der Waals surface area contributed by atoms with Crippen LogP contribution in [0, 0.1) is 0 Å². The number of aromatic nitrogens is 2. The van der Waals surface area contributed by atoms with Crippen molar-refractivity contribution in [3.63, 3.8) is 0 Å². The van der Waals surface area contributed by atoms with Crippen molar-refractivity contribution in [2.45, 2.75) is 0 Å². The van der Waals surface area contributed by atoms with Crippen molar-refractivity contribution < 1.29 is 0 Å². The topological polar surface area (TPSA) is 32.3 Å². The lowest BCUT2D eigenvalue weighted by Crippen LogP contribution is -2.10. The molecule has 2 aliphatic rings. The normalized spacial score (nSPS) is 11.8. The van der Waals surface area contributed by atoms with Crippen LogP contribution in [0.3, 0.4) is 0 Å². The van der Waals surface area contributed by atoms with Crippen molar-refractivity contribution >= 4 is 77.2 Å². The second-order valence-electron chi connectivity index (χ2n) is 20.5. The van der Waals surface area contributed by atoms with E-state index >= 15 is 0 Å². The van der Waals surface area contributed by atoms with Crippen LogP contribution < -0.4 is 9.80 Å². The second-order valence-corrected chi connectivity index (χ2v) is 20.5. The van der Waals surface area contributed by atoms with Gasteiger partial charge in [0.1, 0.15) is 0 Å². The molecular weight excluding hydrogens is 945 g/mol. The van der Waals surface area contributed by atoms with Crippen LogP contribution in [0.15, 0.2) is 280 Å². The van der Waals surface area contributed by atoms with Gasteiger partial charge >= 0.3 is 0 Å². The van der Waals surface area contributed by atoms with Crippen LogP contribution >= 0.6 is 0 Å². The van der Waals surface area contributed by atoms with Gasteiger partial charge in [0.05, 0.1) is 11.9 Å². The van der Waals surface area contributed by atoms with E-state index in [-0.39, 0.29) is 0 Å². The average Bonchev–Trinajstić information content (AvgIpc) is 4.25. The van der Waals surface area contributed by atoms with E-state index in [1.807, 2.05) is 30.9 Å². The quantitative estimate of drug-likeness (QED) is 0.144. The van der Waals surface area contributed by atoms with Crippen molar-refractivity contribution in [1.29, 1.82) is 0 Å². The highest BCUT2D eigenvalue weighted by Crippen LogP contribution is 2.52. The Morgan fingerprint density at radius 1 is 0.218 bits per heavy atom. The number of anilines is 6. The Kier molecular flexibility index (Phi) is 9.91. The van der Waals surface area contributed by atoms with E-state index in [9.17, 15) is 0 Å². The first-order valence-electron chi connectivity index (χ1n) is 26.7. The lowest BCUT2D eigenvalue weighted by molar-refractivity contribution is 1.23. The molecule has 0 aliphatic heterocycles. The molecule has 362 valence electrons. The van der Waals surface area contributed by atoms with E-state index in [2.05, 4.69) is 268 Å². The molecule has 2 aliphatic carbocycles. The molecule has 0 amide bonds. The van der Waals surface area contributed by atoms with Crippen LogP contribution in [0.4, 0.5) is 34.1 Å². The van der Waals surface area contributed by atoms with E-state index in [1.54, 1.807) is 0 Å². The molecule has 2 heterocycles. The van der Waals surface area contributed by atoms with Gasteiger partial charge in [0, 0.05) is 47.0 Å². The predicted octanol–water partition coefficient (Wildman–Crippen LogP) is 20.3. The molecule has 0 saturated carbocycles. The molecular formula is C74H46N4. The van der Waals surface area contributed by atoms with Gasteiger partial charge in [-0.3, -0.25) is 9.97 Å².